The molecule has 2 N–H and O–H groups in total. The van der Waals surface area contributed by atoms with Crippen LogP contribution in [0.25, 0.3) is 10.9 Å². The molecule has 1 fully saturated rings. The number of pyridine rings is 1. The third-order valence-electron chi connectivity index (χ3n) is 5.22. The van der Waals surface area contributed by atoms with E-state index in [1.807, 2.05) is 31.2 Å². The summed E-state index contributed by atoms with van der Waals surface area (Å²) >= 11 is 0. The van der Waals surface area contributed by atoms with Gasteiger partial charge in [-0.05, 0) is 42.8 Å². The van der Waals surface area contributed by atoms with Crippen molar-refractivity contribution in [3.8, 4) is 0 Å². The number of benzene rings is 1. The lowest BCUT2D eigenvalue weighted by atomic mass is 10.1. The molecule has 0 atom stereocenters. The monoisotopic (exact) mass is 419 g/mol. The van der Waals surface area contributed by atoms with E-state index in [4.69, 9.17) is 4.98 Å². The molecule has 1 aliphatic heterocycles. The van der Waals surface area contributed by atoms with Crippen LogP contribution in [0.5, 0.6) is 0 Å². The van der Waals surface area contributed by atoms with Crippen molar-refractivity contribution in [1.29, 1.82) is 0 Å². The molecule has 0 aliphatic carbocycles. The summed E-state index contributed by atoms with van der Waals surface area (Å²) in [5.74, 6) is 1.20. The number of nitrogens with zero attached hydrogens (tertiary/aromatic N) is 5. The van der Waals surface area contributed by atoms with Gasteiger partial charge in [0.05, 0.1) is 12.1 Å². The van der Waals surface area contributed by atoms with Crippen molar-refractivity contribution in [2.45, 2.75) is 13.8 Å². The molecule has 0 spiro atoms. The van der Waals surface area contributed by atoms with Gasteiger partial charge in [-0.3, -0.25) is 9.59 Å². The van der Waals surface area contributed by atoms with Crippen LogP contribution in [0, 0.1) is 6.92 Å². The molecule has 0 saturated carbocycles. The van der Waals surface area contributed by atoms with Crippen LogP contribution in [0.15, 0.2) is 42.7 Å². The van der Waals surface area contributed by atoms with E-state index < -0.39 is 0 Å². The van der Waals surface area contributed by atoms with Crippen LogP contribution < -0.4 is 20.4 Å². The minimum atomic E-state index is -0.267. The van der Waals surface area contributed by atoms with Gasteiger partial charge >= 0.3 is 0 Å². The molecule has 3 heterocycles. The minimum absolute atomic E-state index is 0.0520. The van der Waals surface area contributed by atoms with Gasteiger partial charge in [0.25, 0.3) is 0 Å². The van der Waals surface area contributed by atoms with Crippen LogP contribution in [-0.4, -0.2) is 59.5 Å². The fraction of sp³-hybridized carbons (Fsp3) is 0.318. The maximum Gasteiger partial charge on any atom is 0.243 e. The number of hydrogen-bond acceptors (Lipinski definition) is 7. The summed E-state index contributed by atoms with van der Waals surface area (Å²) in [4.78, 5) is 40.9. The van der Waals surface area contributed by atoms with Crippen LogP contribution >= 0.6 is 0 Å². The number of hydrogen-bond donors (Lipinski definition) is 2. The molecule has 2 amide bonds. The van der Waals surface area contributed by atoms with Gasteiger partial charge in [0.1, 0.15) is 5.82 Å². The Kier molecular flexibility index (Phi) is 5.92. The highest BCUT2D eigenvalue weighted by Gasteiger charge is 2.20. The van der Waals surface area contributed by atoms with Crippen LogP contribution in [0.4, 0.5) is 17.5 Å². The number of piperazine rings is 1. The first-order valence-corrected chi connectivity index (χ1v) is 10.2. The van der Waals surface area contributed by atoms with Crippen molar-refractivity contribution < 1.29 is 9.59 Å². The van der Waals surface area contributed by atoms with E-state index >= 15 is 0 Å². The molecule has 2 aromatic heterocycles. The largest absolute Gasteiger partial charge is 0.353 e. The quantitative estimate of drug-likeness (QED) is 0.649. The summed E-state index contributed by atoms with van der Waals surface area (Å²) < 4.78 is 0. The third-order valence-corrected chi connectivity index (χ3v) is 5.22. The topological polar surface area (TPSA) is 103 Å². The number of carbonyl (C=O) groups is 2. The normalized spacial score (nSPS) is 13.9. The van der Waals surface area contributed by atoms with Gasteiger partial charge in [0.15, 0.2) is 0 Å². The summed E-state index contributed by atoms with van der Waals surface area (Å²) in [6, 6.07) is 9.56. The lowest BCUT2D eigenvalue weighted by molar-refractivity contribution is -0.122. The first kappa shape index (κ1) is 20.5. The maximum atomic E-state index is 12.0. The Labute approximate surface area is 180 Å². The molecule has 1 aliphatic rings. The molecule has 160 valence electrons. The van der Waals surface area contributed by atoms with Crippen LogP contribution in [0.2, 0.25) is 0 Å². The standard InChI is InChI=1S/C22H25N7O2/c1-15-12-20(28-8-10-29(11-9-28)22-23-6-3-7-24-22)27-19-5-4-17(13-18(15)19)26-21(31)14-25-16(2)30/h3-7,12-13H,8-11,14H2,1-2H3,(H,25,30)(H,26,31). The predicted octanol–water partition coefficient (Wildman–Crippen LogP) is 1.73. The molecule has 3 aromatic rings. The summed E-state index contributed by atoms with van der Waals surface area (Å²) in [5.41, 5.74) is 2.65. The van der Waals surface area contributed by atoms with Gasteiger partial charge in [0, 0.05) is 56.6 Å². The van der Waals surface area contributed by atoms with Gasteiger partial charge in [-0.2, -0.15) is 0 Å². The average Bonchev–Trinajstić information content (AvgIpc) is 2.79. The molecular weight excluding hydrogens is 394 g/mol. The van der Waals surface area contributed by atoms with Gasteiger partial charge < -0.3 is 20.4 Å². The van der Waals surface area contributed by atoms with E-state index in [2.05, 4.69) is 36.5 Å². The predicted molar refractivity (Wildman–Crippen MR) is 120 cm³/mol. The smallest absolute Gasteiger partial charge is 0.243 e. The molecule has 1 aromatic carbocycles. The first-order chi connectivity index (χ1) is 15.0. The van der Waals surface area contributed by atoms with E-state index in [0.717, 1.165) is 54.4 Å². The van der Waals surface area contributed by atoms with Crippen molar-refractivity contribution in [3.63, 3.8) is 0 Å². The Bertz CT molecular complexity index is 1100. The number of amides is 2. The zero-order valence-corrected chi connectivity index (χ0v) is 17.6. The molecule has 4 rings (SSSR count). The molecular formula is C22H25N7O2. The second-order valence-corrected chi connectivity index (χ2v) is 7.51. The van der Waals surface area contributed by atoms with Crippen molar-refractivity contribution in [3.05, 3.63) is 48.3 Å². The molecule has 31 heavy (non-hydrogen) atoms. The number of anilines is 3. The Morgan fingerprint density at radius 2 is 1.74 bits per heavy atom. The number of carbonyl (C=O) groups excluding carboxylic acids is 2. The molecule has 0 radical (unpaired) electrons. The van der Waals surface area contributed by atoms with Gasteiger partial charge in [0.2, 0.25) is 17.8 Å². The molecule has 0 unspecified atom stereocenters. The lowest BCUT2D eigenvalue weighted by Gasteiger charge is -2.35. The Morgan fingerprint density at radius 3 is 2.45 bits per heavy atom. The zero-order chi connectivity index (χ0) is 21.8. The fourth-order valence-electron chi connectivity index (χ4n) is 3.62. The van der Waals surface area contributed by atoms with E-state index in [1.54, 1.807) is 12.4 Å². The number of aromatic nitrogens is 3. The lowest BCUT2D eigenvalue weighted by Crippen LogP contribution is -2.47. The van der Waals surface area contributed by atoms with Crippen molar-refractivity contribution >= 4 is 40.2 Å². The van der Waals surface area contributed by atoms with Crippen LogP contribution in [-0.2, 0) is 9.59 Å². The van der Waals surface area contributed by atoms with E-state index in [-0.39, 0.29) is 18.4 Å². The Morgan fingerprint density at radius 1 is 1.03 bits per heavy atom. The van der Waals surface area contributed by atoms with Crippen LogP contribution in [0.3, 0.4) is 0 Å². The number of fused-ring (bicyclic) bond motifs is 1. The fourth-order valence-corrected chi connectivity index (χ4v) is 3.62. The van der Waals surface area contributed by atoms with Gasteiger partial charge in [-0.15, -0.1) is 0 Å². The summed E-state index contributed by atoms with van der Waals surface area (Å²) in [6.45, 7) is 6.73. The van der Waals surface area contributed by atoms with E-state index in [0.29, 0.717) is 5.69 Å². The highest BCUT2D eigenvalue weighted by molar-refractivity contribution is 5.97. The maximum absolute atomic E-state index is 12.0. The second-order valence-electron chi connectivity index (χ2n) is 7.51. The molecule has 0 bridgehead atoms. The molecule has 1 saturated heterocycles. The molecule has 9 heteroatoms. The minimum Gasteiger partial charge on any atom is -0.353 e. The number of rotatable bonds is 5. The first-order valence-electron chi connectivity index (χ1n) is 10.2. The van der Waals surface area contributed by atoms with Crippen LogP contribution in [0.1, 0.15) is 12.5 Å². The average molecular weight is 419 g/mol. The van der Waals surface area contributed by atoms with E-state index in [9.17, 15) is 9.59 Å². The summed E-state index contributed by atoms with van der Waals surface area (Å²) in [7, 11) is 0. The highest BCUT2D eigenvalue weighted by atomic mass is 16.2. The Hall–Kier alpha value is -3.75. The molecule has 9 nitrogen and oxygen atoms in total. The number of aryl methyl sites for hydroxylation is 1. The van der Waals surface area contributed by atoms with Crippen molar-refractivity contribution in [2.75, 3.05) is 47.8 Å². The SMILES string of the molecule is CC(=O)NCC(=O)Nc1ccc2nc(N3CCN(c4ncccn4)CC3)cc(C)c2c1. The van der Waals surface area contributed by atoms with Gasteiger partial charge in [-0.1, -0.05) is 0 Å². The van der Waals surface area contributed by atoms with Gasteiger partial charge in [-0.25, -0.2) is 15.0 Å². The summed E-state index contributed by atoms with van der Waals surface area (Å²) in [6.07, 6.45) is 3.53. The zero-order valence-electron chi connectivity index (χ0n) is 17.6. The van der Waals surface area contributed by atoms with E-state index in [1.165, 1.54) is 6.92 Å². The third kappa shape index (κ3) is 4.88. The Balaban J connectivity index is 1.46. The number of nitrogens with one attached hydrogen (secondary N) is 2. The van der Waals surface area contributed by atoms with Crippen molar-refractivity contribution in [1.82, 2.24) is 20.3 Å². The summed E-state index contributed by atoms with van der Waals surface area (Å²) in [5, 5.41) is 6.28. The van der Waals surface area contributed by atoms with Crippen molar-refractivity contribution in [2.24, 2.45) is 0 Å². The second kappa shape index (κ2) is 8.95. The highest BCUT2D eigenvalue weighted by Crippen LogP contribution is 2.26.